The van der Waals surface area contributed by atoms with Gasteiger partial charge in [0.25, 0.3) is 0 Å². The fourth-order valence-corrected chi connectivity index (χ4v) is 0.428. The molecule has 5 heteroatoms. The molecule has 0 fully saturated rings. The van der Waals surface area contributed by atoms with Gasteiger partial charge in [0.05, 0.1) is 0 Å². The second-order valence-electron chi connectivity index (χ2n) is 1.34. The van der Waals surface area contributed by atoms with E-state index < -0.39 is 0 Å². The largest absolute Gasteiger partial charge is 0.508 e. The Bertz CT molecular complexity index is 145. The molecule has 0 saturated heterocycles. The first-order valence-electron chi connectivity index (χ1n) is 2.13. The van der Waals surface area contributed by atoms with E-state index in [1.54, 1.807) is 24.3 Å². The monoisotopic (exact) mass is 196 g/mol. The zero-order valence-corrected chi connectivity index (χ0v) is 7.40. The number of aromatic hydroxyl groups is 1. The summed E-state index contributed by atoms with van der Waals surface area (Å²) in [5, 5.41) is 8.63. The van der Waals surface area contributed by atoms with E-state index in [0.29, 0.717) is 5.75 Å². The molecule has 0 aromatic heterocycles. The number of para-hydroxylation sites is 1. The topological polar surface area (TPSA) is 115 Å². The molecule has 0 spiro atoms. The summed E-state index contributed by atoms with van der Waals surface area (Å²) in [6, 6.07) is 8.71. The van der Waals surface area contributed by atoms with Crippen molar-refractivity contribution in [1.29, 1.82) is 0 Å². The first kappa shape index (κ1) is 22.4. The molecule has 64 valence electrons. The molecule has 1 rings (SSSR count). The molecular formula is C6H12O4Ti. The van der Waals surface area contributed by atoms with Crippen LogP contribution in [-0.4, -0.2) is 21.5 Å². The molecule has 0 heterocycles. The minimum Gasteiger partial charge on any atom is -0.508 e. The van der Waals surface area contributed by atoms with Gasteiger partial charge in [-0.05, 0) is 12.1 Å². The zero-order chi connectivity index (χ0) is 5.11. The quantitative estimate of drug-likeness (QED) is 0.522. The Morgan fingerprint density at radius 1 is 0.818 bits per heavy atom. The predicted molar refractivity (Wildman–Crippen MR) is 38.9 cm³/mol. The van der Waals surface area contributed by atoms with Gasteiger partial charge in [0.2, 0.25) is 0 Å². The van der Waals surface area contributed by atoms with E-state index in [1.165, 1.54) is 0 Å². The van der Waals surface area contributed by atoms with Crippen molar-refractivity contribution < 1.29 is 43.3 Å². The average Bonchev–Trinajstić information content (AvgIpc) is 1.69. The summed E-state index contributed by atoms with van der Waals surface area (Å²) in [5.74, 6) is 0.322. The molecule has 1 aromatic rings. The Balaban J connectivity index is -0.0000000612. The molecule has 0 bridgehead atoms. The molecular weight excluding hydrogens is 184 g/mol. The van der Waals surface area contributed by atoms with Crippen molar-refractivity contribution in [2.75, 3.05) is 0 Å². The number of phenolic OH excluding ortho intramolecular Hbond substituents is 1. The van der Waals surface area contributed by atoms with E-state index in [0.717, 1.165) is 0 Å². The normalized spacial score (nSPS) is 5.45. The van der Waals surface area contributed by atoms with Gasteiger partial charge in [-0.15, -0.1) is 0 Å². The van der Waals surface area contributed by atoms with Crippen LogP contribution >= 0.6 is 0 Å². The van der Waals surface area contributed by atoms with Crippen LogP contribution in [0.15, 0.2) is 30.3 Å². The van der Waals surface area contributed by atoms with Crippen LogP contribution in [0.25, 0.3) is 0 Å². The van der Waals surface area contributed by atoms with Crippen LogP contribution in [0, 0.1) is 0 Å². The summed E-state index contributed by atoms with van der Waals surface area (Å²) < 4.78 is 0. The van der Waals surface area contributed by atoms with Gasteiger partial charge in [0, 0.05) is 21.7 Å². The summed E-state index contributed by atoms with van der Waals surface area (Å²) in [6.07, 6.45) is 0. The minimum absolute atomic E-state index is 0. The van der Waals surface area contributed by atoms with Crippen LogP contribution in [0.3, 0.4) is 0 Å². The standard InChI is InChI=1S/C6H6O.3H2O.Ti/c7-6-4-2-1-3-5-6;;;;/h1-5,7H;3*1H2;. The summed E-state index contributed by atoms with van der Waals surface area (Å²) in [6.45, 7) is 0. The SMILES string of the molecule is O.O.O.Oc1ccccc1.[Ti]. The fraction of sp³-hybridized carbons (Fsp3) is 0. The zero-order valence-electron chi connectivity index (χ0n) is 5.83. The van der Waals surface area contributed by atoms with Gasteiger partial charge in [-0.25, -0.2) is 0 Å². The third kappa shape index (κ3) is 9.61. The molecule has 0 aliphatic carbocycles. The third-order valence-corrected chi connectivity index (χ3v) is 0.756. The molecule has 4 nitrogen and oxygen atoms in total. The van der Waals surface area contributed by atoms with Gasteiger partial charge in [0.1, 0.15) is 5.75 Å². The molecule has 0 unspecified atom stereocenters. The van der Waals surface area contributed by atoms with Gasteiger partial charge in [-0.2, -0.15) is 0 Å². The van der Waals surface area contributed by atoms with Crippen molar-refractivity contribution in [2.24, 2.45) is 0 Å². The van der Waals surface area contributed by atoms with Crippen LogP contribution in [-0.2, 0) is 21.7 Å². The average molecular weight is 196 g/mol. The molecule has 0 amide bonds. The van der Waals surface area contributed by atoms with E-state index in [1.807, 2.05) is 6.07 Å². The summed E-state index contributed by atoms with van der Waals surface area (Å²) in [5.41, 5.74) is 0. The van der Waals surface area contributed by atoms with Crippen molar-refractivity contribution in [2.45, 2.75) is 0 Å². The van der Waals surface area contributed by atoms with Gasteiger partial charge in [-0.1, -0.05) is 18.2 Å². The number of phenols is 1. The molecule has 11 heavy (non-hydrogen) atoms. The van der Waals surface area contributed by atoms with E-state index >= 15 is 0 Å². The van der Waals surface area contributed by atoms with Crippen LogP contribution in [0.4, 0.5) is 0 Å². The van der Waals surface area contributed by atoms with E-state index in [2.05, 4.69) is 0 Å². The first-order chi connectivity index (χ1) is 3.39. The second kappa shape index (κ2) is 12.3. The molecule has 0 saturated carbocycles. The summed E-state index contributed by atoms with van der Waals surface area (Å²) in [4.78, 5) is 0. The van der Waals surface area contributed by atoms with Crippen LogP contribution < -0.4 is 0 Å². The Morgan fingerprint density at radius 3 is 1.36 bits per heavy atom. The van der Waals surface area contributed by atoms with Crippen molar-refractivity contribution in [1.82, 2.24) is 0 Å². The maximum absolute atomic E-state index is 8.63. The fourth-order valence-electron chi connectivity index (χ4n) is 0.428. The van der Waals surface area contributed by atoms with E-state index in [4.69, 9.17) is 5.11 Å². The minimum atomic E-state index is 0. The van der Waals surface area contributed by atoms with Gasteiger partial charge >= 0.3 is 0 Å². The van der Waals surface area contributed by atoms with Gasteiger partial charge in [-0.3, -0.25) is 0 Å². The third-order valence-electron chi connectivity index (χ3n) is 0.756. The molecule has 1 aromatic carbocycles. The van der Waals surface area contributed by atoms with Crippen LogP contribution in [0.2, 0.25) is 0 Å². The maximum Gasteiger partial charge on any atom is 0.115 e. The Hall–Kier alpha value is -0.386. The summed E-state index contributed by atoms with van der Waals surface area (Å²) in [7, 11) is 0. The van der Waals surface area contributed by atoms with Crippen molar-refractivity contribution in [3.05, 3.63) is 30.3 Å². The number of benzene rings is 1. The predicted octanol–water partition coefficient (Wildman–Crippen LogP) is -1.08. The maximum atomic E-state index is 8.63. The first-order valence-corrected chi connectivity index (χ1v) is 2.13. The number of hydrogen-bond acceptors (Lipinski definition) is 1. The van der Waals surface area contributed by atoms with E-state index in [-0.39, 0.29) is 38.1 Å². The van der Waals surface area contributed by atoms with Crippen LogP contribution in [0.5, 0.6) is 5.75 Å². The number of hydrogen-bond donors (Lipinski definition) is 1. The molecule has 0 radical (unpaired) electrons. The smallest absolute Gasteiger partial charge is 0.115 e. The Labute approximate surface area is 79.7 Å². The number of rotatable bonds is 0. The molecule has 0 aliphatic rings. The molecule has 7 N–H and O–H groups in total. The van der Waals surface area contributed by atoms with Crippen molar-refractivity contribution in [3.63, 3.8) is 0 Å². The van der Waals surface area contributed by atoms with Crippen molar-refractivity contribution in [3.8, 4) is 5.75 Å². The molecule has 0 atom stereocenters. The van der Waals surface area contributed by atoms with E-state index in [9.17, 15) is 0 Å². The molecule has 0 aliphatic heterocycles. The Morgan fingerprint density at radius 2 is 1.18 bits per heavy atom. The summed E-state index contributed by atoms with van der Waals surface area (Å²) >= 11 is 0. The van der Waals surface area contributed by atoms with Gasteiger partial charge < -0.3 is 21.5 Å². The van der Waals surface area contributed by atoms with Gasteiger partial charge in [0.15, 0.2) is 0 Å². The van der Waals surface area contributed by atoms with Crippen molar-refractivity contribution >= 4 is 0 Å². The Kier molecular flexibility index (Phi) is 25.1. The van der Waals surface area contributed by atoms with Crippen LogP contribution in [0.1, 0.15) is 0 Å². The second-order valence-corrected chi connectivity index (χ2v) is 1.34.